The third kappa shape index (κ3) is 3.24. The standard InChI is InChI=1S/C19H28BNO3/c1-14-9-11-21(12-10-14)17(22)15-7-6-8-16(13-15)20-23-18(2,3)19(4,5)24-20/h6-8,13-14H,9-12H2,1-5H3. The molecule has 0 N–H and O–H groups in total. The number of carbonyl (C=O) groups is 1. The lowest BCUT2D eigenvalue weighted by Crippen LogP contribution is -2.41. The minimum absolute atomic E-state index is 0.111. The third-order valence-corrected chi connectivity index (χ3v) is 5.73. The molecule has 3 rings (SSSR count). The zero-order chi connectivity index (χ0) is 17.5. The molecule has 0 bridgehead atoms. The maximum absolute atomic E-state index is 12.8. The van der Waals surface area contributed by atoms with E-state index < -0.39 is 7.12 Å². The summed E-state index contributed by atoms with van der Waals surface area (Å²) < 4.78 is 12.2. The molecule has 0 atom stereocenters. The van der Waals surface area contributed by atoms with Crippen LogP contribution in [0.25, 0.3) is 0 Å². The van der Waals surface area contributed by atoms with Gasteiger partial charge < -0.3 is 14.2 Å². The van der Waals surface area contributed by atoms with Gasteiger partial charge in [0.05, 0.1) is 11.2 Å². The summed E-state index contributed by atoms with van der Waals surface area (Å²) in [4.78, 5) is 14.7. The highest BCUT2D eigenvalue weighted by atomic mass is 16.7. The Hall–Kier alpha value is -1.33. The average Bonchev–Trinajstić information content (AvgIpc) is 2.76. The molecule has 2 saturated heterocycles. The van der Waals surface area contributed by atoms with Gasteiger partial charge in [0.15, 0.2) is 0 Å². The zero-order valence-electron chi connectivity index (χ0n) is 15.5. The minimum atomic E-state index is -0.427. The van der Waals surface area contributed by atoms with E-state index in [1.165, 1.54) is 0 Å². The predicted molar refractivity (Wildman–Crippen MR) is 96.5 cm³/mol. The van der Waals surface area contributed by atoms with Crippen LogP contribution in [0.4, 0.5) is 0 Å². The number of benzene rings is 1. The summed E-state index contributed by atoms with van der Waals surface area (Å²) in [5, 5.41) is 0. The summed E-state index contributed by atoms with van der Waals surface area (Å²) in [7, 11) is -0.427. The van der Waals surface area contributed by atoms with Crippen molar-refractivity contribution in [2.24, 2.45) is 5.92 Å². The fourth-order valence-electron chi connectivity index (χ4n) is 3.19. The van der Waals surface area contributed by atoms with Gasteiger partial charge in [0.2, 0.25) is 0 Å². The summed E-state index contributed by atoms with van der Waals surface area (Å²) >= 11 is 0. The average molecular weight is 329 g/mol. The summed E-state index contributed by atoms with van der Waals surface area (Å²) in [6, 6.07) is 7.69. The van der Waals surface area contributed by atoms with Gasteiger partial charge in [-0.05, 0) is 64.1 Å². The van der Waals surface area contributed by atoms with Crippen LogP contribution in [0.2, 0.25) is 0 Å². The SMILES string of the molecule is CC1CCN(C(=O)c2cccc(B3OC(C)(C)C(C)(C)O3)c2)CC1. The topological polar surface area (TPSA) is 38.8 Å². The Morgan fingerprint density at radius 3 is 2.29 bits per heavy atom. The molecule has 130 valence electrons. The second-order valence-corrected chi connectivity index (χ2v) is 8.19. The maximum Gasteiger partial charge on any atom is 0.494 e. The van der Waals surface area contributed by atoms with Crippen LogP contribution >= 0.6 is 0 Å². The molecule has 2 aliphatic heterocycles. The van der Waals surface area contributed by atoms with Crippen LogP contribution in [0.3, 0.4) is 0 Å². The van der Waals surface area contributed by atoms with Gasteiger partial charge in [-0.15, -0.1) is 0 Å². The van der Waals surface area contributed by atoms with E-state index in [0.717, 1.165) is 37.0 Å². The summed E-state index contributed by atoms with van der Waals surface area (Å²) in [5.74, 6) is 0.824. The first-order valence-corrected chi connectivity index (χ1v) is 8.94. The Morgan fingerprint density at radius 1 is 1.12 bits per heavy atom. The van der Waals surface area contributed by atoms with Crippen LogP contribution in [0, 0.1) is 5.92 Å². The number of hydrogen-bond acceptors (Lipinski definition) is 3. The number of hydrogen-bond donors (Lipinski definition) is 0. The summed E-state index contributed by atoms with van der Waals surface area (Å²) in [6.07, 6.45) is 2.17. The van der Waals surface area contributed by atoms with Crippen molar-refractivity contribution in [2.75, 3.05) is 13.1 Å². The molecule has 0 aromatic heterocycles. The molecule has 0 aliphatic carbocycles. The van der Waals surface area contributed by atoms with Crippen molar-refractivity contribution >= 4 is 18.5 Å². The highest BCUT2D eigenvalue weighted by Gasteiger charge is 2.51. The Morgan fingerprint density at radius 2 is 1.71 bits per heavy atom. The number of rotatable bonds is 2. The van der Waals surface area contributed by atoms with E-state index in [1.54, 1.807) is 0 Å². The lowest BCUT2D eigenvalue weighted by atomic mass is 9.78. The highest BCUT2D eigenvalue weighted by molar-refractivity contribution is 6.62. The van der Waals surface area contributed by atoms with Crippen LogP contribution in [-0.2, 0) is 9.31 Å². The maximum atomic E-state index is 12.8. The number of likely N-dealkylation sites (tertiary alicyclic amines) is 1. The van der Waals surface area contributed by atoms with Crippen LogP contribution in [0.15, 0.2) is 24.3 Å². The second-order valence-electron chi connectivity index (χ2n) is 8.19. The minimum Gasteiger partial charge on any atom is -0.399 e. The molecule has 0 spiro atoms. The van der Waals surface area contributed by atoms with Crippen molar-refractivity contribution in [3.63, 3.8) is 0 Å². The van der Waals surface area contributed by atoms with Gasteiger partial charge in [0, 0.05) is 18.7 Å². The van der Waals surface area contributed by atoms with Crippen molar-refractivity contribution in [3.8, 4) is 0 Å². The van der Waals surface area contributed by atoms with Gasteiger partial charge in [0.1, 0.15) is 0 Å². The van der Waals surface area contributed by atoms with Crippen molar-refractivity contribution in [2.45, 2.75) is 58.7 Å². The monoisotopic (exact) mass is 329 g/mol. The van der Waals surface area contributed by atoms with E-state index in [0.29, 0.717) is 5.92 Å². The van der Waals surface area contributed by atoms with E-state index in [1.807, 2.05) is 56.9 Å². The molecule has 2 aliphatic rings. The van der Waals surface area contributed by atoms with Gasteiger partial charge in [-0.25, -0.2) is 0 Å². The smallest absolute Gasteiger partial charge is 0.399 e. The molecule has 5 heteroatoms. The Bertz CT molecular complexity index is 605. The van der Waals surface area contributed by atoms with Crippen molar-refractivity contribution in [1.29, 1.82) is 0 Å². The lowest BCUT2D eigenvalue weighted by Gasteiger charge is -2.32. The first-order valence-electron chi connectivity index (χ1n) is 8.94. The first kappa shape index (κ1) is 17.5. The van der Waals surface area contributed by atoms with Crippen LogP contribution in [0.5, 0.6) is 0 Å². The van der Waals surface area contributed by atoms with Gasteiger partial charge in [-0.1, -0.05) is 19.1 Å². The highest BCUT2D eigenvalue weighted by Crippen LogP contribution is 2.36. The largest absolute Gasteiger partial charge is 0.494 e. The van der Waals surface area contributed by atoms with Crippen LogP contribution in [0.1, 0.15) is 57.8 Å². The molecule has 0 saturated carbocycles. The van der Waals surface area contributed by atoms with Gasteiger partial charge in [0.25, 0.3) is 5.91 Å². The quantitative estimate of drug-likeness (QED) is 0.783. The predicted octanol–water partition coefficient (Wildman–Crippen LogP) is 2.86. The van der Waals surface area contributed by atoms with E-state index in [4.69, 9.17) is 9.31 Å². The molecule has 1 aromatic carbocycles. The Labute approximate surface area is 145 Å². The number of carbonyl (C=O) groups excluding carboxylic acids is 1. The molecule has 1 aromatic rings. The summed E-state index contributed by atoms with van der Waals surface area (Å²) in [5.41, 5.74) is 0.878. The Kier molecular flexibility index (Phi) is 4.52. The van der Waals surface area contributed by atoms with E-state index >= 15 is 0 Å². The Balaban J connectivity index is 1.77. The molecule has 2 fully saturated rings. The van der Waals surface area contributed by atoms with Crippen molar-refractivity contribution < 1.29 is 14.1 Å². The number of piperidine rings is 1. The van der Waals surface area contributed by atoms with Gasteiger partial charge >= 0.3 is 7.12 Å². The third-order valence-electron chi connectivity index (χ3n) is 5.73. The van der Waals surface area contributed by atoms with Gasteiger partial charge in [-0.2, -0.15) is 0 Å². The zero-order valence-corrected chi connectivity index (χ0v) is 15.5. The molecule has 24 heavy (non-hydrogen) atoms. The van der Waals surface area contributed by atoms with Gasteiger partial charge in [-0.3, -0.25) is 4.79 Å². The fraction of sp³-hybridized carbons (Fsp3) is 0.632. The molecule has 4 nitrogen and oxygen atoms in total. The van der Waals surface area contributed by atoms with E-state index in [9.17, 15) is 4.79 Å². The van der Waals surface area contributed by atoms with Crippen LogP contribution in [-0.4, -0.2) is 42.2 Å². The number of amides is 1. The molecular weight excluding hydrogens is 301 g/mol. The van der Waals surface area contributed by atoms with Crippen LogP contribution < -0.4 is 5.46 Å². The lowest BCUT2D eigenvalue weighted by molar-refractivity contribution is 0.00578. The molecule has 2 heterocycles. The normalized spacial score (nSPS) is 23.5. The van der Waals surface area contributed by atoms with E-state index in [-0.39, 0.29) is 17.1 Å². The summed E-state index contributed by atoms with van der Waals surface area (Å²) in [6.45, 7) is 12.1. The number of nitrogens with zero attached hydrogens (tertiary/aromatic N) is 1. The molecule has 0 unspecified atom stereocenters. The molecular formula is C19H28BNO3. The second kappa shape index (κ2) is 6.19. The van der Waals surface area contributed by atoms with E-state index in [2.05, 4.69) is 6.92 Å². The molecule has 0 radical (unpaired) electrons. The van der Waals surface area contributed by atoms with Crippen molar-refractivity contribution in [3.05, 3.63) is 29.8 Å². The molecule has 1 amide bonds. The first-order chi connectivity index (χ1) is 11.2. The van der Waals surface area contributed by atoms with Crippen molar-refractivity contribution in [1.82, 2.24) is 4.90 Å². The fourth-order valence-corrected chi connectivity index (χ4v) is 3.19.